The van der Waals surface area contributed by atoms with Crippen molar-refractivity contribution in [3.8, 4) is 17.2 Å². The van der Waals surface area contributed by atoms with E-state index in [2.05, 4.69) is 0 Å². The van der Waals surface area contributed by atoms with Gasteiger partial charge in [0.25, 0.3) is 0 Å². The van der Waals surface area contributed by atoms with Gasteiger partial charge in [0.1, 0.15) is 5.75 Å². The number of carbonyl (C=O) groups excluding carboxylic acids is 2. The number of hydrogen-bond acceptors (Lipinski definition) is 5. The molecule has 1 fully saturated rings. The molecule has 1 unspecified atom stereocenters. The minimum Gasteiger partial charge on any atom is -0.497 e. The van der Waals surface area contributed by atoms with Gasteiger partial charge in [-0.1, -0.05) is 18.2 Å². The topological polar surface area (TPSA) is 65.1 Å². The molecular weight excluding hydrogens is 346 g/mol. The van der Waals surface area contributed by atoms with Crippen molar-refractivity contribution in [2.24, 2.45) is 5.92 Å². The SMILES string of the molecule is COc1ccc(CC2CC(=O)N(CCc3ccc4c(c3)OCO4)C2=O)cc1. The van der Waals surface area contributed by atoms with Crippen LogP contribution in [0.5, 0.6) is 17.2 Å². The summed E-state index contributed by atoms with van der Waals surface area (Å²) >= 11 is 0. The van der Waals surface area contributed by atoms with Crippen LogP contribution >= 0.6 is 0 Å². The molecule has 2 aromatic rings. The molecule has 0 radical (unpaired) electrons. The molecule has 0 aliphatic carbocycles. The number of likely N-dealkylation sites (tertiary alicyclic amines) is 1. The van der Waals surface area contributed by atoms with Crippen LogP contribution in [0.1, 0.15) is 17.5 Å². The Morgan fingerprint density at radius 2 is 1.78 bits per heavy atom. The minimum atomic E-state index is -0.289. The lowest BCUT2D eigenvalue weighted by Crippen LogP contribution is -2.33. The first kappa shape index (κ1) is 17.4. The Hall–Kier alpha value is -3.02. The zero-order valence-corrected chi connectivity index (χ0v) is 15.1. The molecule has 0 N–H and O–H groups in total. The molecule has 1 saturated heterocycles. The summed E-state index contributed by atoms with van der Waals surface area (Å²) in [6.07, 6.45) is 1.43. The summed E-state index contributed by atoms with van der Waals surface area (Å²) in [6, 6.07) is 13.3. The Balaban J connectivity index is 1.37. The lowest BCUT2D eigenvalue weighted by Gasteiger charge is -2.15. The zero-order chi connectivity index (χ0) is 18.8. The van der Waals surface area contributed by atoms with Crippen LogP contribution in [-0.2, 0) is 22.4 Å². The number of amides is 2. The van der Waals surface area contributed by atoms with Crippen molar-refractivity contribution < 1.29 is 23.8 Å². The van der Waals surface area contributed by atoms with Crippen LogP contribution in [0.2, 0.25) is 0 Å². The van der Waals surface area contributed by atoms with Crippen molar-refractivity contribution >= 4 is 11.8 Å². The van der Waals surface area contributed by atoms with Gasteiger partial charge < -0.3 is 14.2 Å². The molecule has 6 nitrogen and oxygen atoms in total. The first-order valence-electron chi connectivity index (χ1n) is 8.99. The summed E-state index contributed by atoms with van der Waals surface area (Å²) < 4.78 is 15.8. The molecule has 140 valence electrons. The summed E-state index contributed by atoms with van der Waals surface area (Å²) in [4.78, 5) is 26.4. The Bertz CT molecular complexity index is 861. The highest BCUT2D eigenvalue weighted by Crippen LogP contribution is 2.33. The third-order valence-electron chi connectivity index (χ3n) is 5.04. The van der Waals surface area contributed by atoms with Crippen LogP contribution < -0.4 is 14.2 Å². The van der Waals surface area contributed by atoms with Crippen molar-refractivity contribution in [3.63, 3.8) is 0 Å². The van der Waals surface area contributed by atoms with Crippen LogP contribution in [-0.4, -0.2) is 37.2 Å². The van der Waals surface area contributed by atoms with E-state index >= 15 is 0 Å². The standard InChI is InChI=1S/C21H21NO5/c1-25-17-5-2-14(3-6-17)10-16-12-20(23)22(21(16)24)9-8-15-4-7-18-19(11-15)27-13-26-18/h2-7,11,16H,8-10,12-13H2,1H3. The molecule has 4 rings (SSSR count). The number of methoxy groups -OCH3 is 1. The van der Waals surface area contributed by atoms with Crippen molar-refractivity contribution in [1.82, 2.24) is 4.90 Å². The highest BCUT2D eigenvalue weighted by Gasteiger charge is 2.38. The molecule has 0 aromatic heterocycles. The van der Waals surface area contributed by atoms with E-state index in [1.54, 1.807) is 7.11 Å². The smallest absolute Gasteiger partial charge is 0.233 e. The van der Waals surface area contributed by atoms with Gasteiger partial charge in [-0.05, 0) is 48.2 Å². The lowest BCUT2D eigenvalue weighted by atomic mass is 9.98. The van der Waals surface area contributed by atoms with Gasteiger partial charge in [-0.25, -0.2) is 0 Å². The number of fused-ring (bicyclic) bond motifs is 1. The fourth-order valence-corrected chi connectivity index (χ4v) is 3.53. The molecular formula is C21H21NO5. The summed E-state index contributed by atoms with van der Waals surface area (Å²) in [5.41, 5.74) is 2.04. The molecule has 0 bridgehead atoms. The van der Waals surface area contributed by atoms with E-state index in [1.165, 1.54) is 4.90 Å². The van der Waals surface area contributed by atoms with Gasteiger partial charge in [0.05, 0.1) is 13.0 Å². The zero-order valence-electron chi connectivity index (χ0n) is 15.1. The molecule has 6 heteroatoms. The first-order chi connectivity index (χ1) is 13.1. The van der Waals surface area contributed by atoms with Gasteiger partial charge in [0.15, 0.2) is 11.5 Å². The third-order valence-corrected chi connectivity index (χ3v) is 5.04. The highest BCUT2D eigenvalue weighted by molar-refractivity contribution is 6.03. The largest absolute Gasteiger partial charge is 0.497 e. The molecule has 2 aliphatic heterocycles. The van der Waals surface area contributed by atoms with E-state index in [0.717, 1.165) is 22.6 Å². The number of nitrogens with zero attached hydrogens (tertiary/aromatic N) is 1. The third kappa shape index (κ3) is 3.60. The van der Waals surface area contributed by atoms with E-state index in [0.29, 0.717) is 25.1 Å². The Morgan fingerprint density at radius 3 is 2.56 bits per heavy atom. The summed E-state index contributed by atoms with van der Waals surface area (Å²) in [5, 5.41) is 0. The Morgan fingerprint density at radius 1 is 1.04 bits per heavy atom. The summed E-state index contributed by atoms with van der Waals surface area (Å²) in [6.45, 7) is 0.616. The van der Waals surface area contributed by atoms with Gasteiger partial charge >= 0.3 is 0 Å². The average Bonchev–Trinajstić information content (AvgIpc) is 3.25. The second-order valence-electron chi connectivity index (χ2n) is 6.77. The maximum Gasteiger partial charge on any atom is 0.233 e. The van der Waals surface area contributed by atoms with Crippen LogP contribution in [0.25, 0.3) is 0 Å². The number of carbonyl (C=O) groups is 2. The van der Waals surface area contributed by atoms with Gasteiger partial charge in [-0.2, -0.15) is 0 Å². The molecule has 0 saturated carbocycles. The van der Waals surface area contributed by atoms with E-state index in [-0.39, 0.29) is 30.9 Å². The van der Waals surface area contributed by atoms with E-state index < -0.39 is 0 Å². The first-order valence-corrected chi connectivity index (χ1v) is 8.99. The van der Waals surface area contributed by atoms with Crippen molar-refractivity contribution in [1.29, 1.82) is 0 Å². The monoisotopic (exact) mass is 367 g/mol. The lowest BCUT2D eigenvalue weighted by molar-refractivity contribution is -0.139. The molecule has 1 atom stereocenters. The number of rotatable bonds is 6. The number of hydrogen-bond donors (Lipinski definition) is 0. The maximum atomic E-state index is 12.7. The fraction of sp³-hybridized carbons (Fsp3) is 0.333. The molecule has 2 aromatic carbocycles. The van der Waals surface area contributed by atoms with Gasteiger partial charge in [-0.15, -0.1) is 0 Å². The maximum absolute atomic E-state index is 12.7. The van der Waals surface area contributed by atoms with Crippen LogP contribution in [0.4, 0.5) is 0 Å². The quantitative estimate of drug-likeness (QED) is 0.735. The predicted octanol–water partition coefficient (Wildman–Crippen LogP) is 2.58. The Kier molecular flexibility index (Phi) is 4.71. The van der Waals surface area contributed by atoms with Crippen LogP contribution in [0.3, 0.4) is 0 Å². The van der Waals surface area contributed by atoms with E-state index in [9.17, 15) is 9.59 Å². The van der Waals surface area contributed by atoms with E-state index in [1.807, 2.05) is 42.5 Å². The van der Waals surface area contributed by atoms with Gasteiger partial charge in [-0.3, -0.25) is 14.5 Å². The molecule has 2 aliphatic rings. The van der Waals surface area contributed by atoms with Crippen molar-refractivity contribution in [2.45, 2.75) is 19.3 Å². The molecule has 2 heterocycles. The second-order valence-corrected chi connectivity index (χ2v) is 6.77. The van der Waals surface area contributed by atoms with Crippen molar-refractivity contribution in [3.05, 3.63) is 53.6 Å². The summed E-state index contributed by atoms with van der Waals surface area (Å²) in [5.74, 6) is 1.74. The normalized spacial score (nSPS) is 18.3. The molecule has 2 amide bonds. The Labute approximate surface area is 157 Å². The number of ether oxygens (including phenoxy) is 3. The average molecular weight is 367 g/mol. The molecule has 27 heavy (non-hydrogen) atoms. The second kappa shape index (κ2) is 7.31. The van der Waals surface area contributed by atoms with Gasteiger partial charge in [0, 0.05) is 13.0 Å². The fourth-order valence-electron chi connectivity index (χ4n) is 3.53. The minimum absolute atomic E-state index is 0.0865. The van der Waals surface area contributed by atoms with Crippen LogP contribution in [0.15, 0.2) is 42.5 Å². The van der Waals surface area contributed by atoms with Crippen LogP contribution in [0, 0.1) is 5.92 Å². The summed E-state index contributed by atoms with van der Waals surface area (Å²) in [7, 11) is 1.62. The number of benzene rings is 2. The molecule has 0 spiro atoms. The van der Waals surface area contributed by atoms with Gasteiger partial charge in [0.2, 0.25) is 18.6 Å². The van der Waals surface area contributed by atoms with E-state index in [4.69, 9.17) is 14.2 Å². The predicted molar refractivity (Wildman–Crippen MR) is 97.8 cm³/mol. The highest BCUT2D eigenvalue weighted by atomic mass is 16.7. The van der Waals surface area contributed by atoms with Crippen molar-refractivity contribution in [2.75, 3.05) is 20.4 Å². The number of imide groups is 1.